The molecule has 0 aromatic carbocycles. The first kappa shape index (κ1) is 7.88. The molecule has 0 spiro atoms. The van der Waals surface area contributed by atoms with Gasteiger partial charge in [-0.05, 0) is 19.4 Å². The Morgan fingerprint density at radius 3 is 2.70 bits per heavy atom. The summed E-state index contributed by atoms with van der Waals surface area (Å²) in [6.45, 7) is 0.144. The van der Waals surface area contributed by atoms with Crippen molar-refractivity contribution >= 4 is 0 Å². The van der Waals surface area contributed by atoms with E-state index in [4.69, 9.17) is 5.73 Å². The van der Waals surface area contributed by atoms with E-state index in [1.54, 1.807) is 0 Å². The second kappa shape index (κ2) is 2.80. The van der Waals surface area contributed by atoms with Gasteiger partial charge in [-0.1, -0.05) is 0 Å². The Morgan fingerprint density at radius 1 is 1.60 bits per heavy atom. The molecule has 0 aliphatic carbocycles. The lowest BCUT2D eigenvalue weighted by Gasteiger charge is -2.20. The second-order valence-corrected chi connectivity index (χ2v) is 2.61. The lowest BCUT2D eigenvalue weighted by molar-refractivity contribution is -0.0218. The molecule has 1 atom stereocenters. The Hall–Kier alpha value is -0.220. The van der Waals surface area contributed by atoms with E-state index in [1.165, 1.54) is 0 Å². The van der Waals surface area contributed by atoms with E-state index >= 15 is 0 Å². The van der Waals surface area contributed by atoms with Gasteiger partial charge < -0.3 is 11.1 Å². The average Bonchev–Trinajstić information content (AvgIpc) is 2.38. The Labute approximate surface area is 58.8 Å². The molecule has 1 heterocycles. The topological polar surface area (TPSA) is 38.0 Å². The summed E-state index contributed by atoms with van der Waals surface area (Å²) < 4.78 is 25.3. The number of halogens is 2. The Kier molecular flexibility index (Phi) is 2.21. The van der Waals surface area contributed by atoms with E-state index in [1.807, 2.05) is 0 Å². The van der Waals surface area contributed by atoms with Crippen LogP contribution in [0.3, 0.4) is 0 Å². The van der Waals surface area contributed by atoms with E-state index in [2.05, 4.69) is 5.32 Å². The highest BCUT2D eigenvalue weighted by molar-refractivity contribution is 4.87. The quantitative estimate of drug-likeness (QED) is 0.595. The van der Waals surface area contributed by atoms with Crippen LogP contribution in [0.4, 0.5) is 8.78 Å². The van der Waals surface area contributed by atoms with Crippen LogP contribution < -0.4 is 11.1 Å². The number of hydrogen-bond acceptors (Lipinski definition) is 2. The molecule has 4 heteroatoms. The minimum Gasteiger partial charge on any atom is -0.325 e. The summed E-state index contributed by atoms with van der Waals surface area (Å²) in [6, 6.07) is -0.683. The van der Waals surface area contributed by atoms with Crippen molar-refractivity contribution < 1.29 is 8.78 Å². The minimum absolute atomic E-state index is 0.546. The van der Waals surface area contributed by atoms with Gasteiger partial charge in [0.1, 0.15) is 0 Å². The summed E-state index contributed by atoms with van der Waals surface area (Å²) in [5.74, 6) is -2.71. The van der Waals surface area contributed by atoms with Gasteiger partial charge in [0.25, 0.3) is 5.92 Å². The Morgan fingerprint density at radius 2 is 2.30 bits per heavy atom. The molecule has 0 amide bonds. The molecule has 2 nitrogen and oxygen atoms in total. The van der Waals surface area contributed by atoms with E-state index in [0.717, 1.165) is 6.42 Å². The first-order valence-electron chi connectivity index (χ1n) is 3.48. The lowest BCUT2D eigenvalue weighted by atomic mass is 10.1. The third kappa shape index (κ3) is 1.44. The zero-order chi connectivity index (χ0) is 7.61. The molecule has 0 aromatic rings. The van der Waals surface area contributed by atoms with Crippen LogP contribution in [0, 0.1) is 0 Å². The Balaban J connectivity index is 2.45. The van der Waals surface area contributed by atoms with Crippen LogP contribution in [-0.2, 0) is 0 Å². The molecule has 3 N–H and O–H groups in total. The van der Waals surface area contributed by atoms with Crippen molar-refractivity contribution in [2.45, 2.75) is 24.8 Å². The highest BCUT2D eigenvalue weighted by Gasteiger charge is 2.39. The first-order valence-corrected chi connectivity index (χ1v) is 3.48. The maximum absolute atomic E-state index is 12.7. The fourth-order valence-corrected chi connectivity index (χ4v) is 1.19. The van der Waals surface area contributed by atoms with Gasteiger partial charge in [0.15, 0.2) is 0 Å². The van der Waals surface area contributed by atoms with E-state index < -0.39 is 18.5 Å². The number of nitrogens with one attached hydrogen (secondary N) is 1. The lowest BCUT2D eigenvalue weighted by Crippen LogP contribution is -2.45. The van der Waals surface area contributed by atoms with Crippen molar-refractivity contribution in [3.8, 4) is 0 Å². The molecule has 0 radical (unpaired) electrons. The van der Waals surface area contributed by atoms with Crippen molar-refractivity contribution in [1.82, 2.24) is 5.32 Å². The standard InChI is InChI=1S/C6H12F2N2/c7-6(8,4-9)5-2-1-3-10-5/h5,10H,1-4,9H2. The maximum Gasteiger partial charge on any atom is 0.275 e. The zero-order valence-electron chi connectivity index (χ0n) is 5.74. The first-order chi connectivity index (χ1) is 4.67. The number of rotatable bonds is 2. The van der Waals surface area contributed by atoms with E-state index in [9.17, 15) is 8.78 Å². The van der Waals surface area contributed by atoms with Crippen LogP contribution in [0.15, 0.2) is 0 Å². The van der Waals surface area contributed by atoms with E-state index in [0.29, 0.717) is 13.0 Å². The third-order valence-corrected chi connectivity index (χ3v) is 1.84. The van der Waals surface area contributed by atoms with Gasteiger partial charge in [-0.15, -0.1) is 0 Å². The molecule has 1 unspecified atom stereocenters. The number of nitrogens with two attached hydrogens (primary N) is 1. The molecule has 1 aliphatic heterocycles. The van der Waals surface area contributed by atoms with Crippen LogP contribution in [-0.4, -0.2) is 25.1 Å². The van der Waals surface area contributed by atoms with Crippen molar-refractivity contribution in [1.29, 1.82) is 0 Å². The molecule has 1 saturated heterocycles. The van der Waals surface area contributed by atoms with Gasteiger partial charge in [-0.25, -0.2) is 8.78 Å². The molecule has 1 fully saturated rings. The summed E-state index contributed by atoms with van der Waals surface area (Å²) in [5.41, 5.74) is 4.90. The van der Waals surface area contributed by atoms with Gasteiger partial charge in [0.2, 0.25) is 0 Å². The van der Waals surface area contributed by atoms with Gasteiger partial charge in [-0.3, -0.25) is 0 Å². The smallest absolute Gasteiger partial charge is 0.275 e. The summed E-state index contributed by atoms with van der Waals surface area (Å²) in [6.07, 6.45) is 1.38. The molecule has 0 bridgehead atoms. The highest BCUT2D eigenvalue weighted by atomic mass is 19.3. The summed E-state index contributed by atoms with van der Waals surface area (Å²) in [4.78, 5) is 0. The maximum atomic E-state index is 12.7. The SMILES string of the molecule is NCC(F)(F)C1CCCN1. The van der Waals surface area contributed by atoms with Gasteiger partial charge in [0.05, 0.1) is 12.6 Å². The Bertz CT molecular complexity index is 110. The normalized spacial score (nSPS) is 27.3. The van der Waals surface area contributed by atoms with Crippen molar-refractivity contribution in [2.75, 3.05) is 13.1 Å². The van der Waals surface area contributed by atoms with Gasteiger partial charge in [0, 0.05) is 0 Å². The fraction of sp³-hybridized carbons (Fsp3) is 1.00. The molecular weight excluding hydrogens is 138 g/mol. The number of hydrogen-bond donors (Lipinski definition) is 2. The van der Waals surface area contributed by atoms with Crippen molar-refractivity contribution in [3.63, 3.8) is 0 Å². The second-order valence-electron chi connectivity index (χ2n) is 2.61. The van der Waals surface area contributed by atoms with Gasteiger partial charge >= 0.3 is 0 Å². The van der Waals surface area contributed by atoms with Gasteiger partial charge in [-0.2, -0.15) is 0 Å². The third-order valence-electron chi connectivity index (χ3n) is 1.84. The molecule has 0 aromatic heterocycles. The van der Waals surface area contributed by atoms with Crippen LogP contribution in [0.1, 0.15) is 12.8 Å². The summed E-state index contributed by atoms with van der Waals surface area (Å²) in [7, 11) is 0. The van der Waals surface area contributed by atoms with Crippen LogP contribution in [0.25, 0.3) is 0 Å². The molecule has 0 saturated carbocycles. The van der Waals surface area contributed by atoms with Crippen LogP contribution in [0.5, 0.6) is 0 Å². The fourth-order valence-electron chi connectivity index (χ4n) is 1.19. The summed E-state index contributed by atoms with van der Waals surface area (Å²) >= 11 is 0. The van der Waals surface area contributed by atoms with Crippen molar-refractivity contribution in [3.05, 3.63) is 0 Å². The summed E-state index contributed by atoms with van der Waals surface area (Å²) in [5, 5.41) is 2.72. The number of alkyl halides is 2. The molecule has 60 valence electrons. The van der Waals surface area contributed by atoms with E-state index in [-0.39, 0.29) is 0 Å². The predicted molar refractivity (Wildman–Crippen MR) is 35.0 cm³/mol. The molecule has 10 heavy (non-hydrogen) atoms. The van der Waals surface area contributed by atoms with Crippen LogP contribution >= 0.6 is 0 Å². The molecule has 1 rings (SSSR count). The monoisotopic (exact) mass is 150 g/mol. The highest BCUT2D eigenvalue weighted by Crippen LogP contribution is 2.23. The minimum atomic E-state index is -2.71. The molecular formula is C6H12F2N2. The zero-order valence-corrected chi connectivity index (χ0v) is 5.74. The average molecular weight is 150 g/mol. The van der Waals surface area contributed by atoms with Crippen molar-refractivity contribution in [2.24, 2.45) is 5.73 Å². The largest absolute Gasteiger partial charge is 0.325 e. The molecule has 1 aliphatic rings. The predicted octanol–water partition coefficient (Wildman–Crippen LogP) is 0.332. The van der Waals surface area contributed by atoms with Crippen LogP contribution in [0.2, 0.25) is 0 Å².